The summed E-state index contributed by atoms with van der Waals surface area (Å²) in [5, 5.41) is 18.5. The molecule has 0 aliphatic carbocycles. The molecule has 0 saturated heterocycles. The van der Waals surface area contributed by atoms with Crippen LogP contribution in [-0.4, -0.2) is 24.8 Å². The summed E-state index contributed by atoms with van der Waals surface area (Å²) in [5.41, 5.74) is 2.56. The highest BCUT2D eigenvalue weighted by molar-refractivity contribution is 7.83. The van der Waals surface area contributed by atoms with Gasteiger partial charge in [0.25, 0.3) is 11.6 Å². The molecule has 1 N–H and O–H groups in total. The summed E-state index contributed by atoms with van der Waals surface area (Å²) in [6.45, 7) is 1.54. The molecule has 0 saturated carbocycles. The quantitative estimate of drug-likeness (QED) is 0.539. The van der Waals surface area contributed by atoms with Crippen molar-refractivity contribution in [2.75, 3.05) is 5.32 Å². The fourth-order valence-electron chi connectivity index (χ4n) is 3.25. The summed E-state index contributed by atoms with van der Waals surface area (Å²) >= 11 is 0. The Kier molecular flexibility index (Phi) is 4.52. The first-order valence-corrected chi connectivity index (χ1v) is 10.0. The number of carbonyl (C=O) groups excluding carboxylic acids is 1. The molecular formula is C19H16N4O4S. The van der Waals surface area contributed by atoms with E-state index in [9.17, 15) is 19.1 Å². The van der Waals surface area contributed by atoms with Crippen molar-refractivity contribution in [3.63, 3.8) is 0 Å². The maximum atomic E-state index is 12.9. The zero-order chi connectivity index (χ0) is 19.8. The standard InChI is InChI=1S/C19H16N4O4S/c1-12-14(8-5-9-17(12)23(25)26)19(24)20-18-15-10-28(27)11-16(15)21-22(18)13-6-3-2-4-7-13/h2-9H,10-11H2,1H3,(H,20,24). The van der Waals surface area contributed by atoms with E-state index in [-0.39, 0.29) is 16.8 Å². The van der Waals surface area contributed by atoms with Crippen LogP contribution in [0.15, 0.2) is 48.5 Å². The monoisotopic (exact) mass is 396 g/mol. The van der Waals surface area contributed by atoms with Gasteiger partial charge in [-0.3, -0.25) is 19.1 Å². The SMILES string of the molecule is Cc1c(C(=O)Nc2c3c(nn2-c2ccccc2)CS(=O)C3)cccc1[N+](=O)[O-]. The van der Waals surface area contributed by atoms with Crippen LogP contribution >= 0.6 is 0 Å². The molecule has 0 spiro atoms. The van der Waals surface area contributed by atoms with Gasteiger partial charge in [-0.05, 0) is 25.1 Å². The lowest BCUT2D eigenvalue weighted by molar-refractivity contribution is -0.385. The Morgan fingerprint density at radius 1 is 1.18 bits per heavy atom. The number of hydrogen-bond acceptors (Lipinski definition) is 5. The molecule has 1 atom stereocenters. The Bertz CT molecular complexity index is 1120. The lowest BCUT2D eigenvalue weighted by Gasteiger charge is -2.12. The van der Waals surface area contributed by atoms with E-state index in [1.807, 2.05) is 30.3 Å². The van der Waals surface area contributed by atoms with E-state index in [4.69, 9.17) is 0 Å². The van der Waals surface area contributed by atoms with Gasteiger partial charge >= 0.3 is 0 Å². The number of nitrogens with zero attached hydrogens (tertiary/aromatic N) is 3. The van der Waals surface area contributed by atoms with Gasteiger partial charge in [-0.25, -0.2) is 4.68 Å². The second-order valence-corrected chi connectivity index (χ2v) is 7.87. The van der Waals surface area contributed by atoms with Gasteiger partial charge in [0.2, 0.25) is 0 Å². The number of anilines is 1. The summed E-state index contributed by atoms with van der Waals surface area (Å²) in [6.07, 6.45) is 0. The van der Waals surface area contributed by atoms with Crippen LogP contribution in [0.4, 0.5) is 11.5 Å². The molecule has 142 valence electrons. The molecule has 1 aromatic heterocycles. The largest absolute Gasteiger partial charge is 0.306 e. The third kappa shape index (κ3) is 3.09. The summed E-state index contributed by atoms with van der Waals surface area (Å²) < 4.78 is 13.6. The number of nitro groups is 1. The highest BCUT2D eigenvalue weighted by Gasteiger charge is 2.29. The zero-order valence-electron chi connectivity index (χ0n) is 14.9. The van der Waals surface area contributed by atoms with E-state index >= 15 is 0 Å². The summed E-state index contributed by atoms with van der Waals surface area (Å²) in [7, 11) is -1.05. The number of amides is 1. The molecule has 1 amide bonds. The molecule has 9 heteroatoms. The highest BCUT2D eigenvalue weighted by atomic mass is 32.2. The molecule has 1 unspecified atom stereocenters. The van der Waals surface area contributed by atoms with Gasteiger partial charge in [-0.1, -0.05) is 24.3 Å². The third-order valence-electron chi connectivity index (χ3n) is 4.65. The molecule has 4 rings (SSSR count). The van der Waals surface area contributed by atoms with Gasteiger partial charge in [0, 0.05) is 33.6 Å². The fourth-order valence-corrected chi connectivity index (χ4v) is 4.52. The second kappa shape index (κ2) is 7.01. The second-order valence-electron chi connectivity index (χ2n) is 6.41. The lowest BCUT2D eigenvalue weighted by Crippen LogP contribution is -2.18. The van der Waals surface area contributed by atoms with Crippen molar-refractivity contribution in [3.05, 3.63) is 81.0 Å². The van der Waals surface area contributed by atoms with Gasteiger partial charge in [0.15, 0.2) is 0 Å². The first kappa shape index (κ1) is 18.1. The summed E-state index contributed by atoms with van der Waals surface area (Å²) in [5.74, 6) is 0.626. The van der Waals surface area contributed by atoms with E-state index in [2.05, 4.69) is 10.4 Å². The van der Waals surface area contributed by atoms with E-state index in [0.717, 1.165) is 11.3 Å². The van der Waals surface area contributed by atoms with Crippen molar-refractivity contribution in [3.8, 4) is 5.69 Å². The average Bonchev–Trinajstić information content (AvgIpc) is 3.19. The van der Waals surface area contributed by atoms with Crippen LogP contribution in [-0.2, 0) is 22.3 Å². The molecule has 2 aromatic carbocycles. The van der Waals surface area contributed by atoms with Crippen molar-refractivity contribution < 1.29 is 13.9 Å². The first-order chi connectivity index (χ1) is 13.5. The van der Waals surface area contributed by atoms with Gasteiger partial charge < -0.3 is 5.32 Å². The summed E-state index contributed by atoms with van der Waals surface area (Å²) in [6, 6.07) is 13.7. The minimum Gasteiger partial charge on any atom is -0.306 e. The zero-order valence-corrected chi connectivity index (χ0v) is 15.7. The van der Waals surface area contributed by atoms with Gasteiger partial charge in [-0.2, -0.15) is 5.10 Å². The Hall–Kier alpha value is -3.33. The van der Waals surface area contributed by atoms with Crippen LogP contribution in [0.5, 0.6) is 0 Å². The Morgan fingerprint density at radius 2 is 1.93 bits per heavy atom. The minimum absolute atomic E-state index is 0.115. The van der Waals surface area contributed by atoms with E-state index in [1.165, 1.54) is 12.1 Å². The lowest BCUT2D eigenvalue weighted by atomic mass is 10.1. The van der Waals surface area contributed by atoms with E-state index in [0.29, 0.717) is 23.0 Å². The number of para-hydroxylation sites is 1. The van der Waals surface area contributed by atoms with Crippen LogP contribution in [0.25, 0.3) is 5.69 Å². The maximum Gasteiger partial charge on any atom is 0.273 e. The minimum atomic E-state index is -1.05. The third-order valence-corrected chi connectivity index (χ3v) is 5.86. The Morgan fingerprint density at radius 3 is 2.64 bits per heavy atom. The van der Waals surface area contributed by atoms with Gasteiger partial charge in [0.1, 0.15) is 5.82 Å². The van der Waals surface area contributed by atoms with Crippen molar-refractivity contribution in [1.29, 1.82) is 0 Å². The van der Waals surface area contributed by atoms with Crippen molar-refractivity contribution in [2.24, 2.45) is 0 Å². The summed E-state index contributed by atoms with van der Waals surface area (Å²) in [4.78, 5) is 23.6. The molecule has 0 bridgehead atoms. The fraction of sp³-hybridized carbons (Fsp3) is 0.158. The number of benzene rings is 2. The van der Waals surface area contributed by atoms with Crippen molar-refractivity contribution in [2.45, 2.75) is 18.4 Å². The van der Waals surface area contributed by atoms with Gasteiger partial charge in [0.05, 0.1) is 27.8 Å². The number of rotatable bonds is 4. The molecule has 0 radical (unpaired) electrons. The number of aromatic nitrogens is 2. The highest BCUT2D eigenvalue weighted by Crippen LogP contribution is 2.32. The molecule has 0 fully saturated rings. The topological polar surface area (TPSA) is 107 Å². The van der Waals surface area contributed by atoms with E-state index in [1.54, 1.807) is 17.7 Å². The van der Waals surface area contributed by atoms with E-state index < -0.39 is 21.6 Å². The predicted octanol–water partition coefficient (Wildman–Crippen LogP) is 3.10. The number of fused-ring (bicyclic) bond motifs is 1. The average molecular weight is 396 g/mol. The molecule has 2 heterocycles. The van der Waals surface area contributed by atoms with Crippen LogP contribution in [0.1, 0.15) is 27.2 Å². The maximum absolute atomic E-state index is 12.9. The number of hydrogen-bond donors (Lipinski definition) is 1. The molecule has 8 nitrogen and oxygen atoms in total. The molecule has 1 aliphatic heterocycles. The molecule has 1 aliphatic rings. The Balaban J connectivity index is 1.76. The van der Waals surface area contributed by atoms with Crippen LogP contribution in [0.3, 0.4) is 0 Å². The van der Waals surface area contributed by atoms with Crippen molar-refractivity contribution >= 4 is 28.2 Å². The normalized spacial score (nSPS) is 15.2. The smallest absolute Gasteiger partial charge is 0.273 e. The van der Waals surface area contributed by atoms with Crippen LogP contribution < -0.4 is 5.32 Å². The predicted molar refractivity (Wildman–Crippen MR) is 105 cm³/mol. The number of nitrogens with one attached hydrogen (secondary N) is 1. The van der Waals surface area contributed by atoms with Crippen LogP contribution in [0.2, 0.25) is 0 Å². The molecular weight excluding hydrogens is 380 g/mol. The number of nitro benzene ring substituents is 1. The van der Waals surface area contributed by atoms with Crippen LogP contribution in [0, 0.1) is 17.0 Å². The molecule has 3 aromatic rings. The molecule has 28 heavy (non-hydrogen) atoms. The first-order valence-electron chi connectivity index (χ1n) is 8.52. The van der Waals surface area contributed by atoms with Crippen molar-refractivity contribution in [1.82, 2.24) is 9.78 Å². The number of carbonyl (C=O) groups is 1. The van der Waals surface area contributed by atoms with Gasteiger partial charge in [-0.15, -0.1) is 0 Å². The Labute approximate surface area is 162 Å².